The second kappa shape index (κ2) is 10.0. The minimum Gasteiger partial charge on any atom is -0.395 e. The predicted molar refractivity (Wildman–Crippen MR) is 129 cm³/mol. The van der Waals surface area contributed by atoms with Crippen LogP contribution in [0.1, 0.15) is 36.6 Å². The molecule has 170 valence electrons. The fourth-order valence-electron chi connectivity index (χ4n) is 3.79. The van der Waals surface area contributed by atoms with E-state index in [1.165, 1.54) is 11.3 Å². The Morgan fingerprint density at radius 1 is 1.19 bits per heavy atom. The predicted octanol–water partition coefficient (Wildman–Crippen LogP) is 2.88. The summed E-state index contributed by atoms with van der Waals surface area (Å²) >= 11 is 3.03. The molecule has 3 aromatic heterocycles. The molecule has 0 radical (unpaired) electrons. The van der Waals surface area contributed by atoms with E-state index in [4.69, 9.17) is 5.11 Å². The van der Waals surface area contributed by atoms with Crippen molar-refractivity contribution in [1.82, 2.24) is 19.9 Å². The number of aromatic nitrogens is 3. The van der Waals surface area contributed by atoms with Crippen molar-refractivity contribution < 1.29 is 9.90 Å². The molecule has 0 bridgehead atoms. The number of hydrogen-bond donors (Lipinski definition) is 2. The van der Waals surface area contributed by atoms with E-state index in [0.717, 1.165) is 64.7 Å². The van der Waals surface area contributed by atoms with Crippen LogP contribution in [0.3, 0.4) is 0 Å². The number of hydrogen-bond acceptors (Lipinski definition) is 9. The van der Waals surface area contributed by atoms with Gasteiger partial charge in [0.15, 0.2) is 0 Å². The highest BCUT2D eigenvalue weighted by atomic mass is 32.1. The van der Waals surface area contributed by atoms with Gasteiger partial charge in [0.2, 0.25) is 0 Å². The van der Waals surface area contributed by atoms with Gasteiger partial charge >= 0.3 is 0 Å². The summed E-state index contributed by atoms with van der Waals surface area (Å²) in [6.45, 7) is 10.4. The van der Waals surface area contributed by atoms with E-state index in [2.05, 4.69) is 30.1 Å². The fourth-order valence-corrected chi connectivity index (χ4v) is 5.42. The van der Waals surface area contributed by atoms with Crippen molar-refractivity contribution in [3.63, 3.8) is 0 Å². The van der Waals surface area contributed by atoms with Crippen LogP contribution in [0.5, 0.6) is 0 Å². The molecule has 2 N–H and O–H groups in total. The van der Waals surface area contributed by atoms with Crippen molar-refractivity contribution in [3.05, 3.63) is 49.5 Å². The minimum absolute atomic E-state index is 0.126. The number of nitrogens with one attached hydrogen (secondary N) is 1. The Kier molecular flexibility index (Phi) is 7.14. The van der Waals surface area contributed by atoms with Gasteiger partial charge in [0, 0.05) is 50.1 Å². The Labute approximate surface area is 196 Å². The van der Waals surface area contributed by atoms with Crippen LogP contribution in [-0.2, 0) is 6.42 Å². The number of aliphatic hydroxyl groups is 1. The highest BCUT2D eigenvalue weighted by Gasteiger charge is 2.19. The number of amides is 1. The summed E-state index contributed by atoms with van der Waals surface area (Å²) in [7, 11) is 0. The molecule has 1 saturated heterocycles. The molecule has 0 aromatic carbocycles. The number of aryl methyl sites for hydroxylation is 3. The lowest BCUT2D eigenvalue weighted by molar-refractivity contribution is 0.103. The molecule has 1 fully saturated rings. The van der Waals surface area contributed by atoms with Crippen LogP contribution in [0.15, 0.2) is 17.6 Å². The average molecular weight is 473 g/mol. The quantitative estimate of drug-likeness (QED) is 0.546. The van der Waals surface area contributed by atoms with Gasteiger partial charge in [-0.2, -0.15) is 0 Å². The molecule has 0 aliphatic carbocycles. The number of thiazole rings is 1. The van der Waals surface area contributed by atoms with Crippen molar-refractivity contribution in [2.75, 3.05) is 49.5 Å². The van der Waals surface area contributed by atoms with Crippen molar-refractivity contribution in [1.29, 1.82) is 0 Å². The van der Waals surface area contributed by atoms with Crippen LogP contribution in [-0.4, -0.2) is 70.2 Å². The van der Waals surface area contributed by atoms with Crippen LogP contribution >= 0.6 is 22.7 Å². The van der Waals surface area contributed by atoms with Gasteiger partial charge in [0.25, 0.3) is 5.91 Å². The molecular weight excluding hydrogens is 444 g/mol. The maximum absolute atomic E-state index is 12.7. The molecule has 0 unspecified atom stereocenters. The lowest BCUT2D eigenvalue weighted by Crippen LogP contribution is -2.47. The van der Waals surface area contributed by atoms with Crippen molar-refractivity contribution >= 4 is 40.1 Å². The third-order valence-electron chi connectivity index (χ3n) is 5.50. The highest BCUT2D eigenvalue weighted by molar-refractivity contribution is 7.13. The van der Waals surface area contributed by atoms with Gasteiger partial charge in [-0.05, 0) is 31.7 Å². The van der Waals surface area contributed by atoms with Gasteiger partial charge in [-0.1, -0.05) is 0 Å². The Morgan fingerprint density at radius 2 is 1.97 bits per heavy atom. The summed E-state index contributed by atoms with van der Waals surface area (Å²) in [5.74, 6) is 1.53. The number of carbonyl (C=O) groups is 1. The molecule has 1 aliphatic rings. The summed E-state index contributed by atoms with van der Waals surface area (Å²) in [4.78, 5) is 32.6. The lowest BCUT2D eigenvalue weighted by Gasteiger charge is -2.35. The first-order valence-electron chi connectivity index (χ1n) is 10.7. The minimum atomic E-state index is -0.126. The van der Waals surface area contributed by atoms with E-state index < -0.39 is 0 Å². The van der Waals surface area contributed by atoms with Gasteiger partial charge in [0.05, 0.1) is 29.2 Å². The Balaban J connectivity index is 1.42. The third kappa shape index (κ3) is 5.32. The number of piperazine rings is 1. The SMILES string of the molecule is Cc1nc(Cc2ncc(C(=O)Nc3c(C)csc3C)s2)cc(N2CCN(CCO)CC2)n1. The van der Waals surface area contributed by atoms with E-state index in [9.17, 15) is 4.79 Å². The van der Waals surface area contributed by atoms with Crippen molar-refractivity contribution in [3.8, 4) is 0 Å². The van der Waals surface area contributed by atoms with Crippen LogP contribution < -0.4 is 10.2 Å². The van der Waals surface area contributed by atoms with E-state index in [1.54, 1.807) is 17.5 Å². The molecule has 32 heavy (non-hydrogen) atoms. The van der Waals surface area contributed by atoms with Crippen LogP contribution in [0, 0.1) is 20.8 Å². The number of aliphatic hydroxyl groups excluding tert-OH is 1. The van der Waals surface area contributed by atoms with E-state index >= 15 is 0 Å². The smallest absolute Gasteiger partial charge is 0.267 e. The van der Waals surface area contributed by atoms with Gasteiger partial charge in [-0.15, -0.1) is 22.7 Å². The second-order valence-corrected chi connectivity index (χ2v) is 10.1. The molecule has 4 heterocycles. The number of β-amino-alcohol motifs (C(OH)–C–C–N with tert-alkyl or cyclic N) is 1. The number of nitrogens with zero attached hydrogens (tertiary/aromatic N) is 5. The molecule has 4 rings (SSSR count). The zero-order valence-corrected chi connectivity index (χ0v) is 20.2. The fraction of sp³-hybridized carbons (Fsp3) is 0.455. The van der Waals surface area contributed by atoms with Crippen LogP contribution in [0.2, 0.25) is 0 Å². The first kappa shape index (κ1) is 22.8. The summed E-state index contributed by atoms with van der Waals surface area (Å²) in [5.41, 5.74) is 2.87. The number of anilines is 2. The van der Waals surface area contributed by atoms with Crippen molar-refractivity contribution in [2.24, 2.45) is 0 Å². The first-order chi connectivity index (χ1) is 15.4. The Morgan fingerprint density at radius 3 is 2.66 bits per heavy atom. The second-order valence-electron chi connectivity index (χ2n) is 7.92. The summed E-state index contributed by atoms with van der Waals surface area (Å²) in [5, 5.41) is 15.0. The van der Waals surface area contributed by atoms with Gasteiger partial charge in [-0.25, -0.2) is 15.0 Å². The zero-order valence-electron chi connectivity index (χ0n) is 18.6. The molecule has 3 aromatic rings. The van der Waals surface area contributed by atoms with E-state index in [1.807, 2.05) is 32.2 Å². The molecule has 0 spiro atoms. The topological polar surface area (TPSA) is 94.5 Å². The summed E-state index contributed by atoms with van der Waals surface area (Å²) in [6, 6.07) is 2.02. The molecule has 1 aliphatic heterocycles. The Bertz CT molecular complexity index is 1070. The lowest BCUT2D eigenvalue weighted by atomic mass is 10.2. The monoisotopic (exact) mass is 472 g/mol. The highest BCUT2D eigenvalue weighted by Crippen LogP contribution is 2.28. The molecule has 0 atom stereocenters. The molecule has 1 amide bonds. The molecule has 0 saturated carbocycles. The van der Waals surface area contributed by atoms with E-state index in [0.29, 0.717) is 17.8 Å². The summed E-state index contributed by atoms with van der Waals surface area (Å²) < 4.78 is 0. The maximum atomic E-state index is 12.7. The number of rotatable bonds is 7. The maximum Gasteiger partial charge on any atom is 0.267 e. The normalized spacial score (nSPS) is 14.7. The van der Waals surface area contributed by atoms with Crippen LogP contribution in [0.4, 0.5) is 11.5 Å². The molecule has 8 nitrogen and oxygen atoms in total. The van der Waals surface area contributed by atoms with Gasteiger partial charge in [0.1, 0.15) is 16.5 Å². The van der Waals surface area contributed by atoms with Gasteiger partial charge < -0.3 is 15.3 Å². The van der Waals surface area contributed by atoms with E-state index in [-0.39, 0.29) is 12.5 Å². The van der Waals surface area contributed by atoms with Gasteiger partial charge in [-0.3, -0.25) is 9.69 Å². The third-order valence-corrected chi connectivity index (χ3v) is 7.52. The zero-order chi connectivity index (χ0) is 22.7. The standard InChI is InChI=1S/C22H28N6O2S2/c1-14-13-31-15(2)21(14)26-22(30)18-12-23-20(32-18)11-17-10-19(25-16(3)24-17)28-6-4-27(5-7-28)8-9-29/h10,12-13,29H,4-9,11H2,1-3H3,(H,26,30). The van der Waals surface area contributed by atoms with Crippen LogP contribution in [0.25, 0.3) is 0 Å². The largest absolute Gasteiger partial charge is 0.395 e. The average Bonchev–Trinajstić information content (AvgIpc) is 3.36. The Hall–Kier alpha value is -2.40. The molecule has 10 heteroatoms. The summed E-state index contributed by atoms with van der Waals surface area (Å²) in [6.07, 6.45) is 2.21. The number of carbonyl (C=O) groups excluding carboxylic acids is 1. The molecular formula is C22H28N6O2S2. The first-order valence-corrected chi connectivity index (χ1v) is 12.4. The van der Waals surface area contributed by atoms with Crippen molar-refractivity contribution in [2.45, 2.75) is 27.2 Å². The number of thiophene rings is 1.